The maximum atomic E-state index is 11.5. The summed E-state index contributed by atoms with van der Waals surface area (Å²) in [4.78, 5) is 2.65. The molecule has 2 aliphatic heterocycles. The van der Waals surface area contributed by atoms with Crippen molar-refractivity contribution in [1.29, 1.82) is 0 Å². The molecule has 5 rings (SSSR count). The standard InChI is InChI=1S/C25H31NO.ClH/c1-24(2,3)25(27)13-14-26-16-21-19-9-5-4-7-17(19)11-12-18-8-6-10-20(23(18)21)22(26)15-25;/h4-10,21-22,27H,11-16H2,1-3H3;1H/p-1/t21?,22?,25-;/m0./s1. The largest absolute Gasteiger partial charge is 1.00 e. The molecule has 0 spiro atoms. The molecule has 3 heteroatoms. The Morgan fingerprint density at radius 3 is 2.43 bits per heavy atom. The zero-order valence-electron chi connectivity index (χ0n) is 17.2. The van der Waals surface area contributed by atoms with E-state index in [1.54, 1.807) is 5.56 Å². The number of aryl methyl sites for hydroxylation is 2. The van der Waals surface area contributed by atoms with Crippen LogP contribution < -0.4 is 12.4 Å². The van der Waals surface area contributed by atoms with Crippen LogP contribution in [0.15, 0.2) is 42.5 Å². The number of fused-ring (bicyclic) bond motifs is 4. The van der Waals surface area contributed by atoms with Crippen LogP contribution in [0.3, 0.4) is 0 Å². The number of aliphatic hydroxyl groups is 1. The summed E-state index contributed by atoms with van der Waals surface area (Å²) in [6.45, 7) is 8.65. The summed E-state index contributed by atoms with van der Waals surface area (Å²) in [6.07, 6.45) is 3.99. The molecule has 3 atom stereocenters. The molecule has 0 saturated carbocycles. The monoisotopic (exact) mass is 396 g/mol. The predicted octanol–water partition coefficient (Wildman–Crippen LogP) is 1.85. The lowest BCUT2D eigenvalue weighted by atomic mass is 9.66. The first kappa shape index (κ1) is 19.9. The SMILES string of the molecule is CC(C)(C)[C@]1(O)CCN2CC3c4ccccc4CCc4cccc(c43)C2C1.[Cl-]. The minimum Gasteiger partial charge on any atom is -1.00 e. The average Bonchev–Trinajstić information content (AvgIpc) is 2.80. The van der Waals surface area contributed by atoms with Gasteiger partial charge in [0.25, 0.3) is 0 Å². The zero-order chi connectivity index (χ0) is 18.8. The van der Waals surface area contributed by atoms with Crippen LogP contribution in [0, 0.1) is 5.41 Å². The first-order valence-electron chi connectivity index (χ1n) is 10.5. The second-order valence-corrected chi connectivity index (χ2v) is 9.92. The topological polar surface area (TPSA) is 23.5 Å². The van der Waals surface area contributed by atoms with Crippen molar-refractivity contribution in [2.45, 2.75) is 64.0 Å². The van der Waals surface area contributed by atoms with Crippen molar-refractivity contribution in [2.75, 3.05) is 13.1 Å². The van der Waals surface area contributed by atoms with Crippen molar-refractivity contribution < 1.29 is 17.5 Å². The molecular formula is C25H31ClNO-. The van der Waals surface area contributed by atoms with E-state index in [0.29, 0.717) is 12.0 Å². The van der Waals surface area contributed by atoms with Crippen LogP contribution in [0.5, 0.6) is 0 Å². The Hall–Kier alpha value is -1.35. The van der Waals surface area contributed by atoms with E-state index >= 15 is 0 Å². The molecule has 0 aromatic heterocycles. The third-order valence-corrected chi connectivity index (χ3v) is 7.63. The van der Waals surface area contributed by atoms with Gasteiger partial charge in [0, 0.05) is 25.0 Å². The summed E-state index contributed by atoms with van der Waals surface area (Å²) in [5, 5.41) is 11.5. The maximum Gasteiger partial charge on any atom is 0.0726 e. The zero-order valence-corrected chi connectivity index (χ0v) is 18.0. The molecule has 28 heavy (non-hydrogen) atoms. The summed E-state index contributed by atoms with van der Waals surface area (Å²) in [5.41, 5.74) is 6.94. The minimum atomic E-state index is -0.591. The lowest BCUT2D eigenvalue weighted by Crippen LogP contribution is -3.00. The van der Waals surface area contributed by atoms with Gasteiger partial charge in [-0.25, -0.2) is 0 Å². The number of nitrogens with zero attached hydrogens (tertiary/aromatic N) is 1. The Morgan fingerprint density at radius 1 is 0.964 bits per heavy atom. The van der Waals surface area contributed by atoms with Crippen LogP contribution in [0.25, 0.3) is 0 Å². The van der Waals surface area contributed by atoms with Gasteiger partial charge in [0.15, 0.2) is 0 Å². The highest BCUT2D eigenvalue weighted by molar-refractivity contribution is 5.51. The Balaban J connectivity index is 0.00000192. The molecule has 1 saturated heterocycles. The van der Waals surface area contributed by atoms with Gasteiger partial charge in [0.2, 0.25) is 0 Å². The van der Waals surface area contributed by atoms with Crippen LogP contribution in [-0.4, -0.2) is 28.7 Å². The van der Waals surface area contributed by atoms with Gasteiger partial charge in [-0.2, -0.15) is 0 Å². The molecule has 2 aromatic rings. The third kappa shape index (κ3) is 2.93. The quantitative estimate of drug-likeness (QED) is 0.734. The number of rotatable bonds is 0. The summed E-state index contributed by atoms with van der Waals surface area (Å²) < 4.78 is 0. The predicted molar refractivity (Wildman–Crippen MR) is 110 cm³/mol. The molecule has 0 radical (unpaired) electrons. The van der Waals surface area contributed by atoms with E-state index in [1.807, 2.05) is 0 Å². The third-order valence-electron chi connectivity index (χ3n) is 7.63. The lowest BCUT2D eigenvalue weighted by Gasteiger charge is -2.53. The highest BCUT2D eigenvalue weighted by atomic mass is 35.5. The molecule has 1 aliphatic carbocycles. The first-order chi connectivity index (χ1) is 12.9. The van der Waals surface area contributed by atoms with E-state index in [0.717, 1.165) is 38.8 Å². The molecule has 2 heterocycles. The fourth-order valence-electron chi connectivity index (χ4n) is 5.76. The van der Waals surface area contributed by atoms with Gasteiger partial charge in [-0.1, -0.05) is 63.2 Å². The molecule has 2 unspecified atom stereocenters. The number of hydrogen-bond acceptors (Lipinski definition) is 2. The molecule has 3 aliphatic rings. The Kier molecular flexibility index (Phi) is 4.89. The van der Waals surface area contributed by atoms with E-state index in [1.165, 1.54) is 22.3 Å². The Bertz CT molecular complexity index is 886. The summed E-state index contributed by atoms with van der Waals surface area (Å²) in [5.74, 6) is 0.479. The molecular weight excluding hydrogens is 366 g/mol. The Morgan fingerprint density at radius 2 is 1.64 bits per heavy atom. The van der Waals surface area contributed by atoms with Crippen molar-refractivity contribution in [3.63, 3.8) is 0 Å². The lowest BCUT2D eigenvalue weighted by molar-refractivity contribution is -0.119. The van der Waals surface area contributed by atoms with Gasteiger partial charge in [0.05, 0.1) is 5.60 Å². The fraction of sp³-hybridized carbons (Fsp3) is 0.520. The normalized spacial score (nSPS) is 29.0. The molecule has 1 fully saturated rings. The number of piperidine rings is 1. The Labute approximate surface area is 175 Å². The summed E-state index contributed by atoms with van der Waals surface area (Å²) >= 11 is 0. The molecule has 0 amide bonds. The van der Waals surface area contributed by atoms with Gasteiger partial charge in [0.1, 0.15) is 0 Å². The van der Waals surface area contributed by atoms with E-state index in [9.17, 15) is 5.11 Å². The van der Waals surface area contributed by atoms with Crippen molar-refractivity contribution in [3.8, 4) is 0 Å². The second kappa shape index (κ2) is 6.86. The van der Waals surface area contributed by atoms with Gasteiger partial charge in [-0.15, -0.1) is 0 Å². The minimum absolute atomic E-state index is 0. The van der Waals surface area contributed by atoms with Crippen LogP contribution >= 0.6 is 0 Å². The van der Waals surface area contributed by atoms with Crippen molar-refractivity contribution in [1.82, 2.24) is 4.90 Å². The van der Waals surface area contributed by atoms with E-state index in [4.69, 9.17) is 0 Å². The molecule has 0 bridgehead atoms. The van der Waals surface area contributed by atoms with Crippen molar-refractivity contribution in [3.05, 3.63) is 70.3 Å². The van der Waals surface area contributed by atoms with Gasteiger partial charge in [-0.05, 0) is 58.9 Å². The fourth-order valence-corrected chi connectivity index (χ4v) is 5.76. The number of halogens is 1. The van der Waals surface area contributed by atoms with E-state index < -0.39 is 5.60 Å². The second-order valence-electron chi connectivity index (χ2n) is 9.92. The van der Waals surface area contributed by atoms with E-state index in [2.05, 4.69) is 68.1 Å². The molecule has 1 N–H and O–H groups in total. The average molecular weight is 397 g/mol. The molecule has 150 valence electrons. The van der Waals surface area contributed by atoms with Crippen LogP contribution in [-0.2, 0) is 12.8 Å². The first-order valence-corrected chi connectivity index (χ1v) is 10.5. The van der Waals surface area contributed by atoms with Crippen LogP contribution in [0.4, 0.5) is 0 Å². The van der Waals surface area contributed by atoms with Crippen molar-refractivity contribution in [2.24, 2.45) is 5.41 Å². The molecule has 2 nitrogen and oxygen atoms in total. The summed E-state index contributed by atoms with van der Waals surface area (Å²) in [6, 6.07) is 16.3. The van der Waals surface area contributed by atoms with Gasteiger partial charge >= 0.3 is 0 Å². The molecule has 2 aromatic carbocycles. The van der Waals surface area contributed by atoms with Crippen molar-refractivity contribution >= 4 is 0 Å². The highest BCUT2D eigenvalue weighted by Gasteiger charge is 2.49. The maximum absolute atomic E-state index is 11.5. The highest BCUT2D eigenvalue weighted by Crippen LogP contribution is 2.51. The van der Waals surface area contributed by atoms with Crippen LogP contribution in [0.2, 0.25) is 0 Å². The number of benzene rings is 2. The summed E-state index contributed by atoms with van der Waals surface area (Å²) in [7, 11) is 0. The van der Waals surface area contributed by atoms with Gasteiger partial charge < -0.3 is 17.5 Å². The number of hydrogen-bond donors (Lipinski definition) is 1. The smallest absolute Gasteiger partial charge is 0.0726 e. The van der Waals surface area contributed by atoms with Gasteiger partial charge in [-0.3, -0.25) is 4.90 Å². The van der Waals surface area contributed by atoms with Crippen LogP contribution in [0.1, 0.15) is 73.4 Å². The van der Waals surface area contributed by atoms with E-state index in [-0.39, 0.29) is 17.8 Å².